The number of primary amides is 1. The number of nitrogens with one attached hydrogen (secondary N) is 2. The summed E-state index contributed by atoms with van der Waals surface area (Å²) < 4.78 is 0. The minimum Gasteiger partial charge on any atom is -0.368 e. The van der Waals surface area contributed by atoms with Crippen LogP contribution >= 0.6 is 11.8 Å². The summed E-state index contributed by atoms with van der Waals surface area (Å²) >= 11 is 1.64. The lowest BCUT2D eigenvalue weighted by Gasteiger charge is -2.27. The molecule has 2 fully saturated rings. The molecule has 0 saturated heterocycles. The molecule has 0 spiro atoms. The lowest BCUT2D eigenvalue weighted by molar-refractivity contribution is -0.124. The summed E-state index contributed by atoms with van der Waals surface area (Å²) in [5, 5.41) is 6.56. The molecule has 0 aromatic heterocycles. The molecule has 108 valence electrons. The number of carbonyl (C=O) groups excluding carboxylic acids is 2. The Morgan fingerprint density at radius 3 is 2.68 bits per heavy atom. The molecule has 0 aromatic carbocycles. The SMILES string of the molecule is CCNC(=O)CSC1CCC(NC2CC2)(C(N)=O)C1. The van der Waals surface area contributed by atoms with Gasteiger partial charge in [0.05, 0.1) is 11.3 Å². The van der Waals surface area contributed by atoms with E-state index in [1.807, 2.05) is 6.92 Å². The lowest BCUT2D eigenvalue weighted by Crippen LogP contribution is -2.54. The van der Waals surface area contributed by atoms with Crippen LogP contribution in [0.3, 0.4) is 0 Å². The van der Waals surface area contributed by atoms with Crippen LogP contribution in [0.25, 0.3) is 0 Å². The van der Waals surface area contributed by atoms with Crippen molar-refractivity contribution >= 4 is 23.6 Å². The van der Waals surface area contributed by atoms with Crippen LogP contribution in [0, 0.1) is 0 Å². The first kappa shape index (κ1) is 14.7. The Morgan fingerprint density at radius 2 is 2.11 bits per heavy atom. The van der Waals surface area contributed by atoms with Crippen molar-refractivity contribution in [2.24, 2.45) is 5.73 Å². The molecule has 6 heteroatoms. The van der Waals surface area contributed by atoms with E-state index in [-0.39, 0.29) is 11.8 Å². The second kappa shape index (κ2) is 6.13. The van der Waals surface area contributed by atoms with Gasteiger partial charge in [0.15, 0.2) is 0 Å². The summed E-state index contributed by atoms with van der Waals surface area (Å²) in [7, 11) is 0. The van der Waals surface area contributed by atoms with Crippen molar-refractivity contribution in [2.75, 3.05) is 12.3 Å². The highest BCUT2D eigenvalue weighted by molar-refractivity contribution is 8.00. The summed E-state index contributed by atoms with van der Waals surface area (Å²) in [6.45, 7) is 2.58. The quantitative estimate of drug-likeness (QED) is 0.631. The largest absolute Gasteiger partial charge is 0.368 e. The van der Waals surface area contributed by atoms with Gasteiger partial charge in [-0.25, -0.2) is 0 Å². The highest BCUT2D eigenvalue weighted by atomic mass is 32.2. The molecule has 0 bridgehead atoms. The van der Waals surface area contributed by atoms with Crippen molar-refractivity contribution in [1.29, 1.82) is 0 Å². The van der Waals surface area contributed by atoms with Gasteiger partial charge in [-0.3, -0.25) is 9.59 Å². The van der Waals surface area contributed by atoms with Gasteiger partial charge in [-0.1, -0.05) is 0 Å². The minimum atomic E-state index is -0.528. The zero-order chi connectivity index (χ0) is 13.9. The zero-order valence-corrected chi connectivity index (χ0v) is 12.2. The van der Waals surface area contributed by atoms with Gasteiger partial charge in [-0.15, -0.1) is 11.8 Å². The van der Waals surface area contributed by atoms with Crippen LogP contribution in [0.4, 0.5) is 0 Å². The first-order chi connectivity index (χ1) is 9.05. The topological polar surface area (TPSA) is 84.2 Å². The van der Waals surface area contributed by atoms with E-state index in [1.54, 1.807) is 11.8 Å². The van der Waals surface area contributed by atoms with Crippen LogP contribution in [-0.2, 0) is 9.59 Å². The van der Waals surface area contributed by atoms with Crippen molar-refractivity contribution < 1.29 is 9.59 Å². The predicted octanol–water partition coefficient (Wildman–Crippen LogP) is 0.384. The van der Waals surface area contributed by atoms with Crippen molar-refractivity contribution in [2.45, 2.75) is 55.9 Å². The van der Waals surface area contributed by atoms with E-state index in [1.165, 1.54) is 0 Å². The summed E-state index contributed by atoms with van der Waals surface area (Å²) in [5.74, 6) is 0.302. The normalized spacial score (nSPS) is 30.3. The average Bonchev–Trinajstić information content (AvgIpc) is 3.05. The van der Waals surface area contributed by atoms with Crippen LogP contribution in [-0.4, -0.2) is 40.9 Å². The molecule has 2 saturated carbocycles. The van der Waals surface area contributed by atoms with Gasteiger partial charge >= 0.3 is 0 Å². The third kappa shape index (κ3) is 3.86. The van der Waals surface area contributed by atoms with E-state index in [4.69, 9.17) is 5.73 Å². The van der Waals surface area contributed by atoms with Gasteiger partial charge in [-0.2, -0.15) is 0 Å². The van der Waals surface area contributed by atoms with Crippen LogP contribution in [0.5, 0.6) is 0 Å². The maximum absolute atomic E-state index is 11.7. The van der Waals surface area contributed by atoms with Crippen LogP contribution in [0.1, 0.15) is 39.0 Å². The molecule has 0 radical (unpaired) electrons. The standard InChI is InChI=1S/C13H23N3O2S/c1-2-15-11(17)8-19-10-5-6-13(7-10,12(14)18)16-9-3-4-9/h9-10,16H,2-8H2,1H3,(H2,14,18)(H,15,17). The molecule has 2 aliphatic rings. The van der Waals surface area contributed by atoms with E-state index in [9.17, 15) is 9.59 Å². The van der Waals surface area contributed by atoms with E-state index in [0.29, 0.717) is 23.6 Å². The minimum absolute atomic E-state index is 0.0687. The van der Waals surface area contributed by atoms with Crippen LogP contribution in [0.2, 0.25) is 0 Å². The van der Waals surface area contributed by atoms with Gasteiger partial charge in [0, 0.05) is 17.8 Å². The van der Waals surface area contributed by atoms with E-state index >= 15 is 0 Å². The number of carbonyl (C=O) groups is 2. The molecule has 2 aliphatic carbocycles. The van der Waals surface area contributed by atoms with Crippen molar-refractivity contribution in [3.8, 4) is 0 Å². The Kier molecular flexibility index (Phi) is 4.73. The summed E-state index contributed by atoms with van der Waals surface area (Å²) in [5.41, 5.74) is 5.06. The summed E-state index contributed by atoms with van der Waals surface area (Å²) in [4.78, 5) is 23.2. The number of thioether (sulfide) groups is 1. The van der Waals surface area contributed by atoms with Gasteiger partial charge in [0.1, 0.15) is 0 Å². The smallest absolute Gasteiger partial charge is 0.237 e. The molecular formula is C13H23N3O2S. The fraction of sp³-hybridized carbons (Fsp3) is 0.846. The fourth-order valence-corrected chi connectivity index (χ4v) is 3.80. The highest BCUT2D eigenvalue weighted by Crippen LogP contribution is 2.39. The predicted molar refractivity (Wildman–Crippen MR) is 76.9 cm³/mol. The Bertz CT molecular complexity index is 360. The van der Waals surface area contributed by atoms with Gasteiger partial charge in [-0.05, 0) is 39.0 Å². The molecule has 19 heavy (non-hydrogen) atoms. The molecule has 0 aromatic rings. The molecule has 5 nitrogen and oxygen atoms in total. The second-order valence-corrected chi connectivity index (χ2v) is 6.78. The van der Waals surface area contributed by atoms with Crippen molar-refractivity contribution in [3.05, 3.63) is 0 Å². The number of hydrogen-bond donors (Lipinski definition) is 3. The monoisotopic (exact) mass is 285 g/mol. The Balaban J connectivity index is 1.82. The zero-order valence-electron chi connectivity index (χ0n) is 11.4. The summed E-state index contributed by atoms with van der Waals surface area (Å²) in [6, 6.07) is 0.472. The second-order valence-electron chi connectivity index (χ2n) is 5.49. The third-order valence-corrected chi connectivity index (χ3v) is 5.13. The maximum atomic E-state index is 11.7. The van der Waals surface area contributed by atoms with Crippen molar-refractivity contribution in [3.63, 3.8) is 0 Å². The molecule has 2 atom stereocenters. The third-order valence-electron chi connectivity index (χ3n) is 3.82. The van der Waals surface area contributed by atoms with Crippen molar-refractivity contribution in [1.82, 2.24) is 10.6 Å². The average molecular weight is 285 g/mol. The number of nitrogens with two attached hydrogens (primary N) is 1. The van der Waals surface area contributed by atoms with Gasteiger partial charge in [0.25, 0.3) is 0 Å². The molecule has 2 amide bonds. The lowest BCUT2D eigenvalue weighted by atomic mass is 9.96. The van der Waals surface area contributed by atoms with E-state index in [0.717, 1.165) is 32.1 Å². The maximum Gasteiger partial charge on any atom is 0.237 e. The van der Waals surface area contributed by atoms with Crippen LogP contribution < -0.4 is 16.4 Å². The Labute approximate surface area is 118 Å². The van der Waals surface area contributed by atoms with Gasteiger partial charge in [0.2, 0.25) is 11.8 Å². The van der Waals surface area contributed by atoms with Crippen LogP contribution in [0.15, 0.2) is 0 Å². The molecule has 4 N–H and O–H groups in total. The molecule has 0 aliphatic heterocycles. The molecule has 0 heterocycles. The number of rotatable bonds is 7. The van der Waals surface area contributed by atoms with E-state index < -0.39 is 5.54 Å². The number of amides is 2. The first-order valence-corrected chi connectivity index (χ1v) is 8.06. The summed E-state index contributed by atoms with van der Waals surface area (Å²) in [6.07, 6.45) is 4.79. The van der Waals surface area contributed by atoms with E-state index in [2.05, 4.69) is 10.6 Å². The number of hydrogen-bond acceptors (Lipinski definition) is 4. The first-order valence-electron chi connectivity index (χ1n) is 7.01. The molecule has 2 unspecified atom stereocenters. The highest BCUT2D eigenvalue weighted by Gasteiger charge is 2.46. The Hall–Kier alpha value is -0.750. The Morgan fingerprint density at radius 1 is 1.37 bits per heavy atom. The molecule has 2 rings (SSSR count). The van der Waals surface area contributed by atoms with Gasteiger partial charge < -0.3 is 16.4 Å². The molecular weight excluding hydrogens is 262 g/mol. The fourth-order valence-electron chi connectivity index (χ4n) is 2.63.